The number of benzene rings is 1. The minimum Gasteiger partial charge on any atom is -0.384 e. The molecular formula is C32H39N5O2. The van der Waals surface area contributed by atoms with E-state index in [4.69, 9.17) is 0 Å². The lowest BCUT2D eigenvalue weighted by atomic mass is 9.86. The SMILES string of the molecule is C=C(/C=C\C(=C/C)[C@@H](C)C(=O)C1=NCCc2ccc(-c3cncc(NC(=O)C4CC4)c3)cc21)NCCN(C)C. The van der Waals surface area contributed by atoms with Gasteiger partial charge < -0.3 is 15.5 Å². The lowest BCUT2D eigenvalue weighted by Gasteiger charge is -2.20. The molecule has 1 aliphatic carbocycles. The molecule has 7 nitrogen and oxygen atoms in total. The highest BCUT2D eigenvalue weighted by atomic mass is 16.2. The van der Waals surface area contributed by atoms with E-state index in [1.54, 1.807) is 12.4 Å². The summed E-state index contributed by atoms with van der Waals surface area (Å²) >= 11 is 0. The number of nitrogens with zero attached hydrogens (tertiary/aromatic N) is 3. The fraction of sp³-hybridized carbons (Fsp3) is 0.375. The standard InChI is InChI=1S/C32H39N5O2/c1-6-23(8-7-21(2)34-15-16-37(4)5)22(3)31(38)30-29-18-26(12-9-24(29)13-14-35-30)27-17-28(20-33-19-27)36-32(39)25-10-11-25/h6-9,12,17-20,22,25,34H,2,10-11,13-16H2,1,3-5H3,(H,36,39)/b8-7-,23-6+/t22-/m1/s1. The quantitative estimate of drug-likeness (QED) is 0.388. The summed E-state index contributed by atoms with van der Waals surface area (Å²) in [5.41, 5.74) is 6.74. The van der Waals surface area contributed by atoms with Gasteiger partial charge in [-0.2, -0.15) is 0 Å². The second-order valence-electron chi connectivity index (χ2n) is 10.5. The first-order chi connectivity index (χ1) is 18.8. The van der Waals surface area contributed by atoms with Crippen LogP contribution in [0, 0.1) is 11.8 Å². The van der Waals surface area contributed by atoms with Gasteiger partial charge in [-0.05, 0) is 75.2 Å². The number of hydrogen-bond donors (Lipinski definition) is 2. The van der Waals surface area contributed by atoms with Crippen LogP contribution in [-0.2, 0) is 16.0 Å². The summed E-state index contributed by atoms with van der Waals surface area (Å²) < 4.78 is 0. The van der Waals surface area contributed by atoms with Crippen molar-refractivity contribution in [3.63, 3.8) is 0 Å². The third-order valence-corrected chi connectivity index (χ3v) is 7.15. The predicted octanol–water partition coefficient (Wildman–Crippen LogP) is 4.81. The number of allylic oxidation sites excluding steroid dienone is 4. The number of rotatable bonds is 12. The Bertz CT molecular complexity index is 1330. The summed E-state index contributed by atoms with van der Waals surface area (Å²) in [5, 5.41) is 6.26. The molecule has 204 valence electrons. The first kappa shape index (κ1) is 28.2. The number of aliphatic imine (C=N–C) groups is 1. The first-order valence-corrected chi connectivity index (χ1v) is 13.7. The van der Waals surface area contributed by atoms with Gasteiger partial charge in [0.05, 0.1) is 11.9 Å². The van der Waals surface area contributed by atoms with E-state index in [0.717, 1.165) is 65.9 Å². The second kappa shape index (κ2) is 12.8. The van der Waals surface area contributed by atoms with E-state index < -0.39 is 0 Å². The fourth-order valence-electron chi connectivity index (χ4n) is 4.58. The molecule has 4 rings (SSSR count). The molecular weight excluding hydrogens is 486 g/mol. The number of pyridine rings is 1. The predicted molar refractivity (Wildman–Crippen MR) is 159 cm³/mol. The maximum Gasteiger partial charge on any atom is 0.227 e. The van der Waals surface area contributed by atoms with Crippen molar-refractivity contribution in [1.29, 1.82) is 0 Å². The summed E-state index contributed by atoms with van der Waals surface area (Å²) in [4.78, 5) is 37.1. The van der Waals surface area contributed by atoms with Gasteiger partial charge in [-0.1, -0.05) is 37.8 Å². The van der Waals surface area contributed by atoms with Crippen LogP contribution in [0.2, 0.25) is 0 Å². The zero-order chi connectivity index (χ0) is 27.9. The van der Waals surface area contributed by atoms with Gasteiger partial charge in [0, 0.05) is 54.5 Å². The van der Waals surface area contributed by atoms with Crippen LogP contribution in [0.4, 0.5) is 5.69 Å². The number of nitrogens with one attached hydrogen (secondary N) is 2. The van der Waals surface area contributed by atoms with E-state index in [1.165, 1.54) is 0 Å². The molecule has 1 saturated carbocycles. The van der Waals surface area contributed by atoms with Crippen molar-refractivity contribution in [3.8, 4) is 11.1 Å². The summed E-state index contributed by atoms with van der Waals surface area (Å²) in [5.74, 6) is -0.175. The Kier molecular flexibility index (Phi) is 9.25. The first-order valence-electron chi connectivity index (χ1n) is 13.7. The van der Waals surface area contributed by atoms with Crippen LogP contribution < -0.4 is 10.6 Å². The molecule has 1 atom stereocenters. The van der Waals surface area contributed by atoms with Gasteiger partial charge in [0.25, 0.3) is 0 Å². The average molecular weight is 526 g/mol. The van der Waals surface area contributed by atoms with Crippen LogP contribution in [0.3, 0.4) is 0 Å². The normalized spacial score (nSPS) is 16.0. The molecule has 1 fully saturated rings. The van der Waals surface area contributed by atoms with E-state index in [2.05, 4.69) is 38.2 Å². The maximum atomic E-state index is 13.7. The summed E-state index contributed by atoms with van der Waals surface area (Å²) in [6.45, 7) is 10.3. The van der Waals surface area contributed by atoms with Gasteiger partial charge in [0.15, 0.2) is 5.78 Å². The molecule has 2 heterocycles. The zero-order valence-electron chi connectivity index (χ0n) is 23.5. The maximum absolute atomic E-state index is 13.7. The van der Waals surface area contributed by atoms with E-state index in [0.29, 0.717) is 17.9 Å². The van der Waals surface area contributed by atoms with Crippen molar-refractivity contribution in [2.24, 2.45) is 16.8 Å². The smallest absolute Gasteiger partial charge is 0.227 e. The van der Waals surface area contributed by atoms with E-state index in [-0.39, 0.29) is 23.5 Å². The fourth-order valence-corrected chi connectivity index (χ4v) is 4.58. The molecule has 7 heteroatoms. The van der Waals surface area contributed by atoms with Gasteiger partial charge in [0.2, 0.25) is 5.91 Å². The van der Waals surface area contributed by atoms with Crippen molar-refractivity contribution in [2.75, 3.05) is 39.0 Å². The van der Waals surface area contributed by atoms with Crippen molar-refractivity contribution < 1.29 is 9.59 Å². The summed E-state index contributed by atoms with van der Waals surface area (Å²) in [6.07, 6.45) is 12.0. The van der Waals surface area contributed by atoms with Crippen LogP contribution in [0.15, 0.2) is 77.7 Å². The van der Waals surface area contributed by atoms with Crippen molar-refractivity contribution in [2.45, 2.75) is 33.1 Å². The highest BCUT2D eigenvalue weighted by Crippen LogP contribution is 2.31. The lowest BCUT2D eigenvalue weighted by molar-refractivity contribution is -0.117. The molecule has 2 aromatic rings. The van der Waals surface area contributed by atoms with Gasteiger partial charge in [-0.15, -0.1) is 0 Å². The molecule has 1 aromatic carbocycles. The number of carbonyl (C=O) groups excluding carboxylic acids is 2. The zero-order valence-corrected chi connectivity index (χ0v) is 23.5. The topological polar surface area (TPSA) is 86.7 Å². The molecule has 2 aliphatic rings. The molecule has 1 aliphatic heterocycles. The van der Waals surface area contributed by atoms with Gasteiger partial charge >= 0.3 is 0 Å². The molecule has 0 spiro atoms. The van der Waals surface area contributed by atoms with Crippen LogP contribution in [-0.4, -0.2) is 61.0 Å². The average Bonchev–Trinajstić information content (AvgIpc) is 3.78. The number of Topliss-reactive ketones (excluding diaryl/α,β-unsaturated/α-hetero) is 1. The van der Waals surface area contributed by atoms with Gasteiger partial charge in [0.1, 0.15) is 5.71 Å². The van der Waals surface area contributed by atoms with Crippen molar-refractivity contribution in [3.05, 3.63) is 83.9 Å². The number of aromatic nitrogens is 1. The minimum atomic E-state index is -0.350. The largest absolute Gasteiger partial charge is 0.384 e. The number of anilines is 1. The highest BCUT2D eigenvalue weighted by molar-refractivity contribution is 6.47. The number of hydrogen-bond acceptors (Lipinski definition) is 6. The Morgan fingerprint density at radius 1 is 1.15 bits per heavy atom. The molecule has 1 amide bonds. The van der Waals surface area contributed by atoms with Gasteiger partial charge in [-0.3, -0.25) is 19.6 Å². The van der Waals surface area contributed by atoms with E-state index in [1.807, 2.05) is 64.4 Å². The summed E-state index contributed by atoms with van der Waals surface area (Å²) in [6, 6.07) is 8.09. The molecule has 2 N–H and O–H groups in total. The Balaban J connectivity index is 1.50. The van der Waals surface area contributed by atoms with E-state index >= 15 is 0 Å². The molecule has 0 bridgehead atoms. The Hall–Kier alpha value is -3.84. The number of fused-ring (bicyclic) bond motifs is 1. The number of likely N-dealkylation sites (N-methyl/N-ethyl adjacent to an activating group) is 1. The Labute approximate surface area is 231 Å². The van der Waals surface area contributed by atoms with Crippen LogP contribution in [0.1, 0.15) is 37.8 Å². The van der Waals surface area contributed by atoms with Crippen molar-refractivity contribution >= 4 is 23.1 Å². The van der Waals surface area contributed by atoms with Gasteiger partial charge in [-0.25, -0.2) is 0 Å². The Morgan fingerprint density at radius 2 is 1.95 bits per heavy atom. The highest BCUT2D eigenvalue weighted by Gasteiger charge is 2.30. The lowest BCUT2D eigenvalue weighted by Crippen LogP contribution is -2.28. The third kappa shape index (κ3) is 7.39. The van der Waals surface area contributed by atoms with E-state index in [9.17, 15) is 9.59 Å². The number of amides is 1. The Morgan fingerprint density at radius 3 is 2.67 bits per heavy atom. The second-order valence-corrected chi connectivity index (χ2v) is 10.5. The van der Waals surface area contributed by atoms with Crippen molar-refractivity contribution in [1.82, 2.24) is 15.2 Å². The van der Waals surface area contributed by atoms with Crippen LogP contribution >= 0.6 is 0 Å². The number of carbonyl (C=O) groups is 2. The molecule has 39 heavy (non-hydrogen) atoms. The van der Waals surface area contributed by atoms with Crippen LogP contribution in [0.5, 0.6) is 0 Å². The molecule has 0 radical (unpaired) electrons. The summed E-state index contributed by atoms with van der Waals surface area (Å²) in [7, 11) is 4.06. The minimum absolute atomic E-state index is 0.000557. The van der Waals surface area contributed by atoms with Crippen LogP contribution in [0.25, 0.3) is 11.1 Å². The molecule has 1 aromatic heterocycles. The number of ketones is 1. The molecule has 0 unspecified atom stereocenters. The third-order valence-electron chi connectivity index (χ3n) is 7.15. The monoisotopic (exact) mass is 525 g/mol. The molecule has 0 saturated heterocycles.